The highest BCUT2D eigenvalue weighted by Gasteiger charge is 2.29. The summed E-state index contributed by atoms with van der Waals surface area (Å²) >= 11 is 0. The second kappa shape index (κ2) is 10.6. The van der Waals surface area contributed by atoms with Gasteiger partial charge < -0.3 is 10.2 Å². The van der Waals surface area contributed by atoms with Gasteiger partial charge in [0.2, 0.25) is 11.8 Å². The van der Waals surface area contributed by atoms with Gasteiger partial charge >= 0.3 is 0 Å². The van der Waals surface area contributed by atoms with E-state index in [1.165, 1.54) is 18.4 Å². The monoisotopic (exact) mass is 385 g/mol. The van der Waals surface area contributed by atoms with Crippen LogP contribution in [0, 0.1) is 5.92 Å². The maximum Gasteiger partial charge on any atom is 0.234 e. The van der Waals surface area contributed by atoms with E-state index in [-0.39, 0.29) is 11.8 Å². The quantitative estimate of drug-likeness (QED) is 0.819. The van der Waals surface area contributed by atoms with Gasteiger partial charge in [0.05, 0.1) is 6.54 Å². The molecule has 2 amide bonds. The van der Waals surface area contributed by atoms with Crippen molar-refractivity contribution in [1.29, 1.82) is 0 Å². The molecule has 0 spiro atoms. The fraction of sp³-hybridized carbons (Fsp3) is 0.652. The summed E-state index contributed by atoms with van der Waals surface area (Å²) in [6, 6.07) is 10.3. The molecule has 5 nitrogen and oxygen atoms in total. The van der Waals surface area contributed by atoms with E-state index in [9.17, 15) is 9.59 Å². The molecule has 2 heterocycles. The van der Waals surface area contributed by atoms with Crippen LogP contribution >= 0.6 is 0 Å². The molecule has 1 atom stereocenters. The van der Waals surface area contributed by atoms with Crippen molar-refractivity contribution in [3.05, 3.63) is 35.9 Å². The van der Waals surface area contributed by atoms with Crippen LogP contribution in [0.15, 0.2) is 30.3 Å². The van der Waals surface area contributed by atoms with E-state index in [1.807, 2.05) is 18.2 Å². The normalized spacial score (nSPS) is 20.4. The van der Waals surface area contributed by atoms with E-state index in [1.54, 1.807) is 0 Å². The van der Waals surface area contributed by atoms with Crippen LogP contribution < -0.4 is 5.32 Å². The second-order valence-corrected chi connectivity index (χ2v) is 8.41. The van der Waals surface area contributed by atoms with E-state index in [2.05, 4.69) is 34.2 Å². The molecule has 154 valence electrons. The molecular formula is C23H35N3O2. The summed E-state index contributed by atoms with van der Waals surface area (Å²) in [4.78, 5) is 29.4. The Hall–Kier alpha value is -1.88. The zero-order chi connectivity index (χ0) is 19.8. The zero-order valence-corrected chi connectivity index (χ0v) is 17.2. The lowest BCUT2D eigenvalue weighted by Gasteiger charge is -2.33. The summed E-state index contributed by atoms with van der Waals surface area (Å²) in [5.74, 6) is 0.889. The predicted molar refractivity (Wildman–Crippen MR) is 112 cm³/mol. The fourth-order valence-corrected chi connectivity index (χ4v) is 4.31. The molecule has 0 aliphatic carbocycles. The summed E-state index contributed by atoms with van der Waals surface area (Å²) in [6.45, 7) is 6.77. The maximum absolute atomic E-state index is 12.8. The molecule has 1 aromatic rings. The third kappa shape index (κ3) is 6.06. The number of nitrogens with zero attached hydrogens (tertiary/aromatic N) is 2. The lowest BCUT2D eigenvalue weighted by molar-refractivity contribution is -0.137. The number of rotatable bonds is 6. The van der Waals surface area contributed by atoms with Crippen molar-refractivity contribution < 1.29 is 9.59 Å². The van der Waals surface area contributed by atoms with Crippen LogP contribution in [0.1, 0.15) is 56.9 Å². The van der Waals surface area contributed by atoms with Crippen molar-refractivity contribution >= 4 is 11.8 Å². The number of likely N-dealkylation sites (tertiary alicyclic amines) is 2. The van der Waals surface area contributed by atoms with Gasteiger partial charge in [-0.15, -0.1) is 0 Å². The van der Waals surface area contributed by atoms with E-state index < -0.39 is 0 Å². The summed E-state index contributed by atoms with van der Waals surface area (Å²) in [7, 11) is 0. The molecule has 2 fully saturated rings. The van der Waals surface area contributed by atoms with Gasteiger partial charge in [-0.3, -0.25) is 14.5 Å². The van der Waals surface area contributed by atoms with Crippen molar-refractivity contribution in [3.63, 3.8) is 0 Å². The van der Waals surface area contributed by atoms with E-state index >= 15 is 0 Å². The van der Waals surface area contributed by atoms with Crippen LogP contribution in [-0.2, 0) is 9.59 Å². The minimum Gasteiger partial charge on any atom is -0.354 e. The molecule has 1 N–H and O–H groups in total. The third-order valence-electron chi connectivity index (χ3n) is 6.20. The largest absolute Gasteiger partial charge is 0.354 e. The van der Waals surface area contributed by atoms with Crippen LogP contribution in [0.25, 0.3) is 0 Å². The lowest BCUT2D eigenvalue weighted by atomic mass is 9.95. The average Bonchev–Trinajstić information content (AvgIpc) is 3.02. The van der Waals surface area contributed by atoms with Crippen LogP contribution in [0.3, 0.4) is 0 Å². The van der Waals surface area contributed by atoms with E-state index in [0.29, 0.717) is 24.9 Å². The van der Waals surface area contributed by atoms with Gasteiger partial charge in [-0.2, -0.15) is 0 Å². The first-order valence-electron chi connectivity index (χ1n) is 11.0. The molecule has 2 aliphatic rings. The number of hydrogen-bond acceptors (Lipinski definition) is 3. The molecule has 0 aromatic heterocycles. The molecule has 2 aliphatic heterocycles. The summed E-state index contributed by atoms with van der Waals surface area (Å²) < 4.78 is 0. The number of carbonyl (C=O) groups is 2. The number of nitrogens with one attached hydrogen (secondary N) is 1. The molecule has 1 unspecified atom stereocenters. The molecule has 5 heteroatoms. The van der Waals surface area contributed by atoms with Crippen molar-refractivity contribution in [2.24, 2.45) is 5.92 Å². The first kappa shape index (κ1) is 20.8. The van der Waals surface area contributed by atoms with Crippen molar-refractivity contribution in [3.8, 4) is 0 Å². The summed E-state index contributed by atoms with van der Waals surface area (Å²) in [5.41, 5.74) is 1.25. The summed E-state index contributed by atoms with van der Waals surface area (Å²) in [5, 5.41) is 3.07. The highest BCUT2D eigenvalue weighted by atomic mass is 16.2. The Morgan fingerprint density at radius 3 is 2.29 bits per heavy atom. The number of benzene rings is 1. The lowest BCUT2D eigenvalue weighted by Crippen LogP contribution is -2.46. The minimum atomic E-state index is 0.0834. The first-order chi connectivity index (χ1) is 13.6. The Balaban J connectivity index is 1.36. The van der Waals surface area contributed by atoms with Crippen LogP contribution in [0.2, 0.25) is 0 Å². The standard InChI is InChI=1S/C23H35N3O2/c1-19(20-9-5-4-6-10-20)17-24-22(27)18-25-15-11-21(12-16-25)23(28)26-13-7-2-3-8-14-26/h4-6,9-10,19,21H,2-3,7-8,11-18H2,1H3,(H,24,27). The topological polar surface area (TPSA) is 52.7 Å². The predicted octanol–water partition coefficient (Wildman–Crippen LogP) is 3.02. The molecule has 28 heavy (non-hydrogen) atoms. The number of amides is 2. The smallest absolute Gasteiger partial charge is 0.234 e. The third-order valence-corrected chi connectivity index (χ3v) is 6.20. The van der Waals surface area contributed by atoms with E-state index in [0.717, 1.165) is 51.9 Å². The van der Waals surface area contributed by atoms with Gasteiger partial charge in [0.25, 0.3) is 0 Å². The molecule has 2 saturated heterocycles. The number of hydrogen-bond donors (Lipinski definition) is 1. The Kier molecular flexibility index (Phi) is 7.90. The fourth-order valence-electron chi connectivity index (χ4n) is 4.31. The molecule has 0 saturated carbocycles. The number of carbonyl (C=O) groups excluding carboxylic acids is 2. The van der Waals surface area contributed by atoms with Gasteiger partial charge in [-0.25, -0.2) is 0 Å². The Labute approximate surface area is 169 Å². The van der Waals surface area contributed by atoms with Crippen molar-refractivity contribution in [1.82, 2.24) is 15.1 Å². The Morgan fingerprint density at radius 2 is 1.64 bits per heavy atom. The average molecular weight is 386 g/mol. The number of piperidine rings is 1. The van der Waals surface area contributed by atoms with Gasteiger partial charge in [0.1, 0.15) is 0 Å². The van der Waals surface area contributed by atoms with Crippen LogP contribution in [0.5, 0.6) is 0 Å². The SMILES string of the molecule is CC(CNC(=O)CN1CCC(C(=O)N2CCCCCC2)CC1)c1ccccc1. The van der Waals surface area contributed by atoms with Crippen molar-refractivity contribution in [2.75, 3.05) is 39.3 Å². The van der Waals surface area contributed by atoms with E-state index in [4.69, 9.17) is 0 Å². The maximum atomic E-state index is 12.8. The van der Waals surface area contributed by atoms with Crippen LogP contribution in [-0.4, -0.2) is 60.9 Å². The molecule has 0 bridgehead atoms. The zero-order valence-electron chi connectivity index (χ0n) is 17.2. The molecule has 1 aromatic carbocycles. The summed E-state index contributed by atoms with van der Waals surface area (Å²) in [6.07, 6.45) is 6.55. The molecular weight excluding hydrogens is 350 g/mol. The van der Waals surface area contributed by atoms with Gasteiger partial charge in [0.15, 0.2) is 0 Å². The minimum absolute atomic E-state index is 0.0834. The highest BCUT2D eigenvalue weighted by molar-refractivity contribution is 5.79. The highest BCUT2D eigenvalue weighted by Crippen LogP contribution is 2.21. The van der Waals surface area contributed by atoms with Crippen molar-refractivity contribution in [2.45, 2.75) is 51.4 Å². The van der Waals surface area contributed by atoms with Crippen LogP contribution in [0.4, 0.5) is 0 Å². The second-order valence-electron chi connectivity index (χ2n) is 8.41. The molecule has 3 rings (SSSR count). The van der Waals surface area contributed by atoms with Gasteiger partial charge in [-0.1, -0.05) is 50.1 Å². The van der Waals surface area contributed by atoms with Gasteiger partial charge in [-0.05, 0) is 50.3 Å². The van der Waals surface area contributed by atoms with Gasteiger partial charge in [0, 0.05) is 25.6 Å². The Bertz CT molecular complexity index is 618. The first-order valence-corrected chi connectivity index (χ1v) is 11.0. The Morgan fingerprint density at radius 1 is 1.00 bits per heavy atom. The molecule has 0 radical (unpaired) electrons.